The Labute approximate surface area is 167 Å². The quantitative estimate of drug-likeness (QED) is 0.697. The Balaban J connectivity index is 2.19. The van der Waals surface area contributed by atoms with Crippen LogP contribution >= 0.6 is 0 Å². The van der Waals surface area contributed by atoms with Gasteiger partial charge in [-0.05, 0) is 37.1 Å². The SMILES string of the molecule is CCN(CC)S(=O)(=O)c1ccc(OC)c(C(=O)NCCc2cccc(C)c2)c1. The highest BCUT2D eigenvalue weighted by Gasteiger charge is 2.24. The van der Waals surface area contributed by atoms with E-state index in [0.717, 1.165) is 5.56 Å². The molecule has 0 unspecified atom stereocenters. The van der Waals surface area contributed by atoms with E-state index < -0.39 is 10.0 Å². The molecule has 1 N–H and O–H groups in total. The van der Waals surface area contributed by atoms with E-state index >= 15 is 0 Å². The van der Waals surface area contributed by atoms with Gasteiger partial charge in [0.25, 0.3) is 5.91 Å². The molecule has 7 heteroatoms. The predicted octanol–water partition coefficient (Wildman–Crippen LogP) is 3.01. The average molecular weight is 405 g/mol. The zero-order valence-electron chi connectivity index (χ0n) is 16.9. The van der Waals surface area contributed by atoms with Crippen LogP contribution in [0.25, 0.3) is 0 Å². The van der Waals surface area contributed by atoms with Gasteiger partial charge in [0.05, 0.1) is 17.6 Å². The highest BCUT2D eigenvalue weighted by molar-refractivity contribution is 7.89. The molecule has 1 amide bonds. The smallest absolute Gasteiger partial charge is 0.255 e. The lowest BCUT2D eigenvalue weighted by Crippen LogP contribution is -2.31. The molecule has 0 spiro atoms. The molecule has 0 aliphatic heterocycles. The Hall–Kier alpha value is -2.38. The van der Waals surface area contributed by atoms with Gasteiger partial charge < -0.3 is 10.1 Å². The first kappa shape index (κ1) is 21.9. The highest BCUT2D eigenvalue weighted by Crippen LogP contribution is 2.24. The predicted molar refractivity (Wildman–Crippen MR) is 110 cm³/mol. The van der Waals surface area contributed by atoms with E-state index in [1.54, 1.807) is 13.8 Å². The minimum absolute atomic E-state index is 0.0841. The third-order valence-electron chi connectivity index (χ3n) is 4.54. The topological polar surface area (TPSA) is 75.7 Å². The number of sulfonamides is 1. The van der Waals surface area contributed by atoms with Gasteiger partial charge in [-0.15, -0.1) is 0 Å². The molecule has 28 heavy (non-hydrogen) atoms. The average Bonchev–Trinajstić information content (AvgIpc) is 2.68. The number of benzene rings is 2. The molecule has 2 aromatic carbocycles. The van der Waals surface area contributed by atoms with Gasteiger partial charge in [0.1, 0.15) is 5.75 Å². The molecule has 152 valence electrons. The fourth-order valence-electron chi connectivity index (χ4n) is 3.02. The maximum Gasteiger partial charge on any atom is 0.255 e. The van der Waals surface area contributed by atoms with E-state index in [1.165, 1.54) is 35.2 Å². The summed E-state index contributed by atoms with van der Waals surface area (Å²) in [4.78, 5) is 12.8. The van der Waals surface area contributed by atoms with Crippen molar-refractivity contribution in [2.45, 2.75) is 32.1 Å². The Morgan fingerprint density at radius 2 is 1.82 bits per heavy atom. The summed E-state index contributed by atoms with van der Waals surface area (Å²) in [7, 11) is -2.20. The van der Waals surface area contributed by atoms with Crippen LogP contribution in [0.15, 0.2) is 47.4 Å². The van der Waals surface area contributed by atoms with Crippen molar-refractivity contribution in [1.82, 2.24) is 9.62 Å². The number of nitrogens with zero attached hydrogens (tertiary/aromatic N) is 1. The summed E-state index contributed by atoms with van der Waals surface area (Å²) in [6.07, 6.45) is 0.688. The number of carbonyl (C=O) groups excluding carboxylic acids is 1. The molecule has 0 saturated carbocycles. The highest BCUT2D eigenvalue weighted by atomic mass is 32.2. The van der Waals surface area contributed by atoms with E-state index in [9.17, 15) is 13.2 Å². The minimum Gasteiger partial charge on any atom is -0.496 e. The minimum atomic E-state index is -3.65. The third-order valence-corrected chi connectivity index (χ3v) is 6.59. The van der Waals surface area contributed by atoms with Crippen molar-refractivity contribution < 1.29 is 17.9 Å². The van der Waals surface area contributed by atoms with Crippen LogP contribution < -0.4 is 10.1 Å². The molecule has 6 nitrogen and oxygen atoms in total. The van der Waals surface area contributed by atoms with Gasteiger partial charge >= 0.3 is 0 Å². The van der Waals surface area contributed by atoms with Crippen LogP contribution in [0.2, 0.25) is 0 Å². The summed E-state index contributed by atoms with van der Waals surface area (Å²) in [6.45, 7) is 6.76. The van der Waals surface area contributed by atoms with Crippen molar-refractivity contribution >= 4 is 15.9 Å². The van der Waals surface area contributed by atoms with Crippen molar-refractivity contribution in [3.63, 3.8) is 0 Å². The van der Waals surface area contributed by atoms with Crippen molar-refractivity contribution in [2.75, 3.05) is 26.7 Å². The molecule has 0 radical (unpaired) electrons. The van der Waals surface area contributed by atoms with Crippen molar-refractivity contribution in [1.29, 1.82) is 0 Å². The summed E-state index contributed by atoms with van der Waals surface area (Å²) < 4.78 is 32.1. The van der Waals surface area contributed by atoms with E-state index in [1.807, 2.05) is 25.1 Å². The number of amides is 1. The third kappa shape index (κ3) is 5.11. The van der Waals surface area contributed by atoms with Crippen LogP contribution in [-0.4, -0.2) is 45.4 Å². The standard InChI is InChI=1S/C21H28N2O4S/c1-5-23(6-2)28(25,26)18-10-11-20(27-4)19(15-18)21(24)22-13-12-17-9-7-8-16(3)14-17/h7-11,14-15H,5-6,12-13H2,1-4H3,(H,22,24). The summed E-state index contributed by atoms with van der Waals surface area (Å²) in [5.41, 5.74) is 2.50. The number of hydrogen-bond donors (Lipinski definition) is 1. The maximum atomic E-state index is 12.8. The van der Waals surface area contributed by atoms with Gasteiger partial charge in [-0.2, -0.15) is 4.31 Å². The van der Waals surface area contributed by atoms with Crippen LogP contribution in [0.1, 0.15) is 35.3 Å². The van der Waals surface area contributed by atoms with Gasteiger partial charge in [-0.1, -0.05) is 43.7 Å². The molecule has 0 fully saturated rings. The Bertz CT molecular complexity index is 922. The lowest BCUT2D eigenvalue weighted by Gasteiger charge is -2.19. The molecule has 2 rings (SSSR count). The molecule has 0 aliphatic carbocycles. The summed E-state index contributed by atoms with van der Waals surface area (Å²) in [5.74, 6) is -0.0207. The zero-order valence-corrected chi connectivity index (χ0v) is 17.7. The molecular weight excluding hydrogens is 376 g/mol. The van der Waals surface area contributed by atoms with E-state index in [-0.39, 0.29) is 16.4 Å². The number of hydrogen-bond acceptors (Lipinski definition) is 4. The molecule has 0 aromatic heterocycles. The van der Waals surface area contributed by atoms with Crippen LogP contribution in [-0.2, 0) is 16.4 Å². The first-order valence-electron chi connectivity index (χ1n) is 9.35. The van der Waals surface area contributed by atoms with Crippen molar-refractivity contribution in [2.24, 2.45) is 0 Å². The second-order valence-corrected chi connectivity index (χ2v) is 8.38. The van der Waals surface area contributed by atoms with Crippen LogP contribution in [0.3, 0.4) is 0 Å². The van der Waals surface area contributed by atoms with Gasteiger partial charge in [-0.3, -0.25) is 4.79 Å². The largest absolute Gasteiger partial charge is 0.496 e. The molecule has 0 saturated heterocycles. The fourth-order valence-corrected chi connectivity index (χ4v) is 4.51. The molecule has 0 bridgehead atoms. The zero-order chi connectivity index (χ0) is 20.7. The number of carbonyl (C=O) groups is 1. The van der Waals surface area contributed by atoms with Gasteiger partial charge in [0.15, 0.2) is 0 Å². The lowest BCUT2D eigenvalue weighted by atomic mass is 10.1. The van der Waals surface area contributed by atoms with E-state index in [2.05, 4.69) is 11.4 Å². The number of rotatable bonds is 9. The first-order valence-corrected chi connectivity index (χ1v) is 10.8. The van der Waals surface area contributed by atoms with Crippen LogP contribution in [0, 0.1) is 6.92 Å². The second-order valence-electron chi connectivity index (χ2n) is 6.45. The molecule has 2 aromatic rings. The van der Waals surface area contributed by atoms with Crippen molar-refractivity contribution in [3.8, 4) is 5.75 Å². The fraction of sp³-hybridized carbons (Fsp3) is 0.381. The Kier molecular flexibility index (Phi) is 7.60. The lowest BCUT2D eigenvalue weighted by molar-refractivity contribution is 0.0951. The normalized spacial score (nSPS) is 11.5. The molecule has 0 atom stereocenters. The second kappa shape index (κ2) is 9.71. The van der Waals surface area contributed by atoms with E-state index in [0.29, 0.717) is 31.8 Å². The monoisotopic (exact) mass is 404 g/mol. The summed E-state index contributed by atoms with van der Waals surface area (Å²) in [5, 5.41) is 2.85. The van der Waals surface area contributed by atoms with Crippen LogP contribution in [0.4, 0.5) is 0 Å². The number of methoxy groups -OCH3 is 1. The molecular formula is C21H28N2O4S. The molecule has 0 aliphatic rings. The molecule has 0 heterocycles. The number of nitrogens with one attached hydrogen (secondary N) is 1. The van der Waals surface area contributed by atoms with Crippen molar-refractivity contribution in [3.05, 3.63) is 59.2 Å². The first-order chi connectivity index (χ1) is 13.3. The van der Waals surface area contributed by atoms with Gasteiger partial charge in [0, 0.05) is 19.6 Å². The number of aryl methyl sites for hydroxylation is 1. The van der Waals surface area contributed by atoms with Gasteiger partial charge in [0.2, 0.25) is 10.0 Å². The summed E-state index contributed by atoms with van der Waals surface area (Å²) >= 11 is 0. The number of ether oxygens (including phenoxy) is 1. The van der Waals surface area contributed by atoms with Crippen LogP contribution in [0.5, 0.6) is 5.75 Å². The summed E-state index contributed by atoms with van der Waals surface area (Å²) in [6, 6.07) is 12.5. The Morgan fingerprint density at radius 1 is 1.11 bits per heavy atom. The van der Waals surface area contributed by atoms with Gasteiger partial charge in [-0.25, -0.2) is 8.42 Å². The Morgan fingerprint density at radius 3 is 2.43 bits per heavy atom. The maximum absolute atomic E-state index is 12.8. The van der Waals surface area contributed by atoms with E-state index in [4.69, 9.17) is 4.74 Å².